The van der Waals surface area contributed by atoms with Crippen LogP contribution in [0, 0.1) is 0 Å². The molecule has 74 valence electrons. The summed E-state index contributed by atoms with van der Waals surface area (Å²) >= 11 is 0. The molecule has 2 rings (SSSR count). The number of hydrogen-bond donors (Lipinski definition) is 2. The minimum Gasteiger partial charge on any atom is -0.385 e. The summed E-state index contributed by atoms with van der Waals surface area (Å²) in [6.07, 6.45) is 0. The molecule has 0 aliphatic carbocycles. The fraction of sp³-hybridized carbons (Fsp3) is 0.300. The van der Waals surface area contributed by atoms with Crippen LogP contribution < -0.4 is 11.0 Å². The van der Waals surface area contributed by atoms with Crippen molar-refractivity contribution in [2.75, 3.05) is 11.9 Å². The Balaban J connectivity index is 2.63. The average molecular weight is 191 g/mol. The van der Waals surface area contributed by atoms with Gasteiger partial charge in [-0.3, -0.25) is 4.57 Å². The zero-order valence-electron chi connectivity index (χ0n) is 8.29. The Bertz CT molecular complexity index is 510. The number of nitrogens with one attached hydrogen (secondary N) is 2. The Labute approximate surface area is 81.6 Å². The van der Waals surface area contributed by atoms with Gasteiger partial charge in [0.25, 0.3) is 0 Å². The molecule has 2 N–H and O–H groups in total. The Morgan fingerprint density at radius 3 is 3.00 bits per heavy atom. The van der Waals surface area contributed by atoms with E-state index in [0.29, 0.717) is 0 Å². The van der Waals surface area contributed by atoms with Crippen LogP contribution in [0.5, 0.6) is 0 Å². The molecule has 0 atom stereocenters. The number of aryl methyl sites for hydroxylation is 1. The molecule has 0 amide bonds. The lowest BCUT2D eigenvalue weighted by atomic mass is 10.2. The highest BCUT2D eigenvalue weighted by Crippen LogP contribution is 2.15. The molecule has 0 saturated heterocycles. The van der Waals surface area contributed by atoms with E-state index >= 15 is 0 Å². The highest BCUT2D eigenvalue weighted by atomic mass is 16.1. The monoisotopic (exact) mass is 191 g/mol. The summed E-state index contributed by atoms with van der Waals surface area (Å²) in [5, 5.41) is 3.21. The van der Waals surface area contributed by atoms with E-state index in [2.05, 4.69) is 10.3 Å². The summed E-state index contributed by atoms with van der Waals surface area (Å²) in [4.78, 5) is 14.1. The zero-order chi connectivity index (χ0) is 10.1. The number of imidazole rings is 1. The number of rotatable bonds is 2. The van der Waals surface area contributed by atoms with E-state index < -0.39 is 0 Å². The highest BCUT2D eigenvalue weighted by Gasteiger charge is 2.02. The Kier molecular flexibility index (Phi) is 2.04. The lowest BCUT2D eigenvalue weighted by Crippen LogP contribution is -2.11. The van der Waals surface area contributed by atoms with Gasteiger partial charge in [-0.05, 0) is 25.1 Å². The Hall–Kier alpha value is -1.71. The maximum atomic E-state index is 11.3. The van der Waals surface area contributed by atoms with Crippen LogP contribution >= 0.6 is 0 Å². The second-order valence-electron chi connectivity index (χ2n) is 3.25. The number of H-pyrrole nitrogens is 1. The molecule has 0 saturated carbocycles. The van der Waals surface area contributed by atoms with Crippen LogP contribution in [0.3, 0.4) is 0 Å². The molecule has 0 spiro atoms. The van der Waals surface area contributed by atoms with Gasteiger partial charge in [0, 0.05) is 19.3 Å². The minimum absolute atomic E-state index is 0.0753. The van der Waals surface area contributed by atoms with E-state index in [0.717, 1.165) is 23.3 Å². The van der Waals surface area contributed by atoms with Gasteiger partial charge in [0.2, 0.25) is 0 Å². The van der Waals surface area contributed by atoms with Gasteiger partial charge >= 0.3 is 5.69 Å². The standard InChI is InChI=1S/C10H13N3O/c1-3-11-7-4-5-8-9(6-7)13(2)10(14)12-8/h4-6,11H,3H2,1-2H3,(H,12,14). The van der Waals surface area contributed by atoms with Crippen LogP contribution in [0.1, 0.15) is 6.92 Å². The first-order valence-corrected chi connectivity index (χ1v) is 4.65. The minimum atomic E-state index is -0.0753. The predicted molar refractivity (Wildman–Crippen MR) is 57.7 cm³/mol. The van der Waals surface area contributed by atoms with Crippen molar-refractivity contribution in [2.45, 2.75) is 6.92 Å². The van der Waals surface area contributed by atoms with Crippen molar-refractivity contribution in [3.63, 3.8) is 0 Å². The summed E-state index contributed by atoms with van der Waals surface area (Å²) < 4.78 is 1.61. The lowest BCUT2D eigenvalue weighted by molar-refractivity contribution is 0.891. The third-order valence-corrected chi connectivity index (χ3v) is 2.29. The van der Waals surface area contributed by atoms with Crippen LogP contribution in [-0.4, -0.2) is 16.1 Å². The van der Waals surface area contributed by atoms with E-state index in [9.17, 15) is 4.79 Å². The molecule has 0 aliphatic heterocycles. The second-order valence-corrected chi connectivity index (χ2v) is 3.25. The SMILES string of the molecule is CCNc1ccc2[nH]c(=O)n(C)c2c1. The van der Waals surface area contributed by atoms with Gasteiger partial charge in [-0.15, -0.1) is 0 Å². The summed E-state index contributed by atoms with van der Waals surface area (Å²) in [5.41, 5.74) is 2.76. The van der Waals surface area contributed by atoms with Crippen LogP contribution in [0.15, 0.2) is 23.0 Å². The van der Waals surface area contributed by atoms with Gasteiger partial charge in [-0.1, -0.05) is 0 Å². The fourth-order valence-corrected chi connectivity index (χ4v) is 1.54. The first-order valence-electron chi connectivity index (χ1n) is 4.65. The van der Waals surface area contributed by atoms with Crippen molar-refractivity contribution < 1.29 is 0 Å². The maximum Gasteiger partial charge on any atom is 0.326 e. The molecule has 1 aromatic heterocycles. The summed E-state index contributed by atoms with van der Waals surface area (Å²) in [6.45, 7) is 2.92. The molecular formula is C10H13N3O. The zero-order valence-corrected chi connectivity index (χ0v) is 8.29. The third kappa shape index (κ3) is 1.28. The van der Waals surface area contributed by atoms with Crippen LogP contribution in [0.4, 0.5) is 5.69 Å². The normalized spacial score (nSPS) is 10.7. The molecule has 0 unspecified atom stereocenters. The molecule has 0 radical (unpaired) electrons. The van der Waals surface area contributed by atoms with Gasteiger partial charge in [-0.2, -0.15) is 0 Å². The van der Waals surface area contributed by atoms with Gasteiger partial charge in [-0.25, -0.2) is 4.79 Å². The van der Waals surface area contributed by atoms with E-state index in [-0.39, 0.29) is 5.69 Å². The first kappa shape index (κ1) is 8.87. The van der Waals surface area contributed by atoms with Crippen molar-refractivity contribution in [1.82, 2.24) is 9.55 Å². The number of hydrogen-bond acceptors (Lipinski definition) is 2. The topological polar surface area (TPSA) is 49.8 Å². The van der Waals surface area contributed by atoms with Crippen molar-refractivity contribution >= 4 is 16.7 Å². The molecule has 4 heteroatoms. The molecule has 0 bridgehead atoms. The van der Waals surface area contributed by atoms with Crippen molar-refractivity contribution in [3.8, 4) is 0 Å². The maximum absolute atomic E-state index is 11.3. The van der Waals surface area contributed by atoms with Crippen molar-refractivity contribution in [2.24, 2.45) is 7.05 Å². The molecule has 0 fully saturated rings. The first-order chi connectivity index (χ1) is 6.72. The molecule has 1 aromatic carbocycles. The second kappa shape index (κ2) is 3.21. The van der Waals surface area contributed by atoms with Gasteiger partial charge in [0.15, 0.2) is 0 Å². The van der Waals surface area contributed by atoms with Crippen molar-refractivity contribution in [3.05, 3.63) is 28.7 Å². The van der Waals surface area contributed by atoms with Crippen LogP contribution in [-0.2, 0) is 7.05 Å². The van der Waals surface area contributed by atoms with E-state index in [1.165, 1.54) is 0 Å². The number of anilines is 1. The van der Waals surface area contributed by atoms with Gasteiger partial charge in [0.1, 0.15) is 0 Å². The summed E-state index contributed by atoms with van der Waals surface area (Å²) in [6, 6.07) is 5.84. The molecule has 0 aliphatic rings. The van der Waals surface area contributed by atoms with E-state index in [1.54, 1.807) is 11.6 Å². The number of benzene rings is 1. The third-order valence-electron chi connectivity index (χ3n) is 2.29. The molecule has 1 heterocycles. The number of fused-ring (bicyclic) bond motifs is 1. The van der Waals surface area contributed by atoms with Gasteiger partial charge < -0.3 is 10.3 Å². The quantitative estimate of drug-likeness (QED) is 0.751. The summed E-state index contributed by atoms with van der Waals surface area (Å²) in [5.74, 6) is 0. The smallest absolute Gasteiger partial charge is 0.326 e. The molecular weight excluding hydrogens is 178 g/mol. The highest BCUT2D eigenvalue weighted by molar-refractivity contribution is 5.79. The molecule has 2 aromatic rings. The van der Waals surface area contributed by atoms with Crippen LogP contribution in [0.2, 0.25) is 0 Å². The summed E-state index contributed by atoms with van der Waals surface area (Å²) in [7, 11) is 1.76. The fourth-order valence-electron chi connectivity index (χ4n) is 1.54. The average Bonchev–Trinajstić information content (AvgIpc) is 2.45. The van der Waals surface area contributed by atoms with E-state index in [1.807, 2.05) is 25.1 Å². The predicted octanol–water partition coefficient (Wildman–Crippen LogP) is 1.30. The molecule has 4 nitrogen and oxygen atoms in total. The van der Waals surface area contributed by atoms with E-state index in [4.69, 9.17) is 0 Å². The Morgan fingerprint density at radius 1 is 1.50 bits per heavy atom. The van der Waals surface area contributed by atoms with Gasteiger partial charge in [0.05, 0.1) is 11.0 Å². The Morgan fingerprint density at radius 2 is 2.29 bits per heavy atom. The molecule has 14 heavy (non-hydrogen) atoms. The lowest BCUT2D eigenvalue weighted by Gasteiger charge is -2.02. The van der Waals surface area contributed by atoms with Crippen molar-refractivity contribution in [1.29, 1.82) is 0 Å². The number of nitrogens with zero attached hydrogens (tertiary/aromatic N) is 1. The largest absolute Gasteiger partial charge is 0.385 e. The number of aromatic amines is 1. The van der Waals surface area contributed by atoms with Crippen LogP contribution in [0.25, 0.3) is 11.0 Å². The number of aromatic nitrogens is 2.